The Kier molecular flexibility index (Phi) is 1.63. The first-order chi connectivity index (χ1) is 3.80. The second-order valence-corrected chi connectivity index (χ2v) is 2.33. The highest BCUT2D eigenvalue weighted by atomic mass is 16.1. The van der Waals surface area contributed by atoms with Gasteiger partial charge in [-0.2, -0.15) is 0 Å². The first-order valence-electron chi connectivity index (χ1n) is 3.04. The molecule has 0 aromatic carbocycles. The van der Waals surface area contributed by atoms with Gasteiger partial charge >= 0.3 is 0 Å². The number of piperidine rings is 1. The van der Waals surface area contributed by atoms with Crippen molar-refractivity contribution in [1.82, 2.24) is 5.32 Å². The fraction of sp³-hybridized carbons (Fsp3) is 0.833. The zero-order valence-electron chi connectivity index (χ0n) is 5.11. The highest BCUT2D eigenvalue weighted by Crippen LogP contribution is 2.04. The van der Waals surface area contributed by atoms with Crippen LogP contribution >= 0.6 is 0 Å². The van der Waals surface area contributed by atoms with Gasteiger partial charge in [0, 0.05) is 5.92 Å². The van der Waals surface area contributed by atoms with Gasteiger partial charge in [-0.15, -0.1) is 0 Å². The standard InChI is InChI=1S/C6H11NO/c1-5-2-3-7-4-6(5)8/h5,7H,2-4H2,1H3. The predicted octanol–water partition coefficient (Wildman–Crippen LogP) is 0.185. The van der Waals surface area contributed by atoms with Crippen LogP contribution in [0, 0.1) is 5.92 Å². The van der Waals surface area contributed by atoms with Gasteiger partial charge in [-0.05, 0) is 13.0 Å². The molecule has 0 aromatic heterocycles. The lowest BCUT2D eigenvalue weighted by Gasteiger charge is -2.16. The average molecular weight is 113 g/mol. The highest BCUT2D eigenvalue weighted by molar-refractivity contribution is 5.83. The molecule has 1 aliphatic heterocycles. The molecular formula is C6H11NO. The normalized spacial score (nSPS) is 30.6. The van der Waals surface area contributed by atoms with E-state index in [4.69, 9.17) is 0 Å². The van der Waals surface area contributed by atoms with Crippen LogP contribution in [-0.4, -0.2) is 18.9 Å². The van der Waals surface area contributed by atoms with Gasteiger partial charge in [-0.25, -0.2) is 0 Å². The molecular weight excluding hydrogens is 102 g/mol. The van der Waals surface area contributed by atoms with Crippen molar-refractivity contribution < 1.29 is 4.79 Å². The summed E-state index contributed by atoms with van der Waals surface area (Å²) in [5.41, 5.74) is 0. The van der Waals surface area contributed by atoms with Crippen molar-refractivity contribution in [3.63, 3.8) is 0 Å². The molecule has 0 saturated carbocycles. The van der Waals surface area contributed by atoms with Crippen molar-refractivity contribution in [2.45, 2.75) is 13.3 Å². The Hall–Kier alpha value is -0.370. The minimum absolute atomic E-state index is 0.302. The zero-order valence-corrected chi connectivity index (χ0v) is 5.11. The quantitative estimate of drug-likeness (QED) is 0.485. The van der Waals surface area contributed by atoms with E-state index in [1.807, 2.05) is 6.92 Å². The van der Waals surface area contributed by atoms with Crippen molar-refractivity contribution in [3.05, 3.63) is 0 Å². The minimum atomic E-state index is 0.302. The van der Waals surface area contributed by atoms with Gasteiger partial charge in [-0.1, -0.05) is 6.92 Å². The third-order valence-corrected chi connectivity index (χ3v) is 1.60. The van der Waals surface area contributed by atoms with Gasteiger partial charge in [0.25, 0.3) is 0 Å². The molecule has 0 aliphatic carbocycles. The van der Waals surface area contributed by atoms with Crippen LogP contribution in [0.5, 0.6) is 0 Å². The van der Waals surface area contributed by atoms with Crippen LogP contribution in [0.1, 0.15) is 13.3 Å². The molecule has 1 fully saturated rings. The van der Waals surface area contributed by atoms with E-state index >= 15 is 0 Å². The van der Waals surface area contributed by atoms with Gasteiger partial charge in [-0.3, -0.25) is 4.79 Å². The lowest BCUT2D eigenvalue weighted by Crippen LogP contribution is -2.35. The average Bonchev–Trinajstić information content (AvgIpc) is 1.77. The SMILES string of the molecule is CC1CCNCC1=O. The summed E-state index contributed by atoms with van der Waals surface area (Å²) < 4.78 is 0. The summed E-state index contributed by atoms with van der Waals surface area (Å²) >= 11 is 0. The van der Waals surface area contributed by atoms with Crippen LogP contribution in [-0.2, 0) is 4.79 Å². The second kappa shape index (κ2) is 2.27. The number of hydrogen-bond acceptors (Lipinski definition) is 2. The summed E-state index contributed by atoms with van der Waals surface area (Å²) in [5.74, 6) is 0.660. The summed E-state index contributed by atoms with van der Waals surface area (Å²) in [6.45, 7) is 3.58. The lowest BCUT2D eigenvalue weighted by atomic mass is 10.00. The monoisotopic (exact) mass is 113 g/mol. The Morgan fingerprint density at radius 1 is 1.75 bits per heavy atom. The Balaban J connectivity index is 2.39. The van der Waals surface area contributed by atoms with Gasteiger partial charge in [0.15, 0.2) is 0 Å². The molecule has 0 bridgehead atoms. The third-order valence-electron chi connectivity index (χ3n) is 1.60. The van der Waals surface area contributed by atoms with E-state index in [0.717, 1.165) is 13.0 Å². The predicted molar refractivity (Wildman–Crippen MR) is 31.7 cm³/mol. The number of rotatable bonds is 0. The van der Waals surface area contributed by atoms with Crippen LogP contribution in [0.25, 0.3) is 0 Å². The molecule has 1 rings (SSSR count). The number of carbonyl (C=O) groups excluding carboxylic acids is 1. The number of nitrogens with one attached hydrogen (secondary N) is 1. The Labute approximate surface area is 49.3 Å². The first kappa shape index (κ1) is 5.76. The molecule has 1 heterocycles. The van der Waals surface area contributed by atoms with Gasteiger partial charge < -0.3 is 5.32 Å². The summed E-state index contributed by atoms with van der Waals surface area (Å²) in [7, 11) is 0. The van der Waals surface area contributed by atoms with Crippen molar-refractivity contribution in [2.75, 3.05) is 13.1 Å². The number of Topliss-reactive ketones (excluding diaryl/α,β-unsaturated/α-hetero) is 1. The van der Waals surface area contributed by atoms with E-state index in [1.165, 1.54) is 0 Å². The molecule has 2 nitrogen and oxygen atoms in total. The first-order valence-corrected chi connectivity index (χ1v) is 3.04. The van der Waals surface area contributed by atoms with E-state index in [2.05, 4.69) is 5.32 Å². The molecule has 1 saturated heterocycles. The van der Waals surface area contributed by atoms with Gasteiger partial charge in [0.1, 0.15) is 5.78 Å². The van der Waals surface area contributed by atoms with Crippen molar-refractivity contribution in [1.29, 1.82) is 0 Å². The Morgan fingerprint density at radius 2 is 2.50 bits per heavy atom. The number of carbonyl (C=O) groups is 1. The van der Waals surface area contributed by atoms with Gasteiger partial charge in [0.05, 0.1) is 6.54 Å². The molecule has 1 atom stereocenters. The molecule has 0 spiro atoms. The summed E-state index contributed by atoms with van der Waals surface area (Å²) in [6, 6.07) is 0. The second-order valence-electron chi connectivity index (χ2n) is 2.33. The van der Waals surface area contributed by atoms with E-state index < -0.39 is 0 Å². The van der Waals surface area contributed by atoms with Crippen LogP contribution in [0.2, 0.25) is 0 Å². The maximum Gasteiger partial charge on any atom is 0.149 e. The van der Waals surface area contributed by atoms with E-state index in [1.54, 1.807) is 0 Å². The number of hydrogen-bond donors (Lipinski definition) is 1. The minimum Gasteiger partial charge on any atom is -0.310 e. The molecule has 0 amide bonds. The molecule has 8 heavy (non-hydrogen) atoms. The maximum atomic E-state index is 10.7. The van der Waals surface area contributed by atoms with E-state index in [9.17, 15) is 4.79 Å². The van der Waals surface area contributed by atoms with Crippen LogP contribution < -0.4 is 5.32 Å². The van der Waals surface area contributed by atoms with Crippen molar-refractivity contribution in [3.8, 4) is 0 Å². The summed E-state index contributed by atoms with van der Waals surface area (Å²) in [5, 5.41) is 3.02. The van der Waals surface area contributed by atoms with Crippen LogP contribution in [0.3, 0.4) is 0 Å². The van der Waals surface area contributed by atoms with Crippen molar-refractivity contribution in [2.24, 2.45) is 5.92 Å². The third kappa shape index (κ3) is 1.07. The largest absolute Gasteiger partial charge is 0.310 e. The molecule has 1 aliphatic rings. The maximum absolute atomic E-state index is 10.7. The van der Waals surface area contributed by atoms with Crippen molar-refractivity contribution >= 4 is 5.78 Å². The summed E-state index contributed by atoms with van der Waals surface area (Å²) in [6.07, 6.45) is 1.01. The van der Waals surface area contributed by atoms with Gasteiger partial charge in [0.2, 0.25) is 0 Å². The molecule has 1 N–H and O–H groups in total. The number of ketones is 1. The fourth-order valence-corrected chi connectivity index (χ4v) is 0.865. The molecule has 0 aromatic rings. The molecule has 46 valence electrons. The highest BCUT2D eigenvalue weighted by Gasteiger charge is 2.15. The van der Waals surface area contributed by atoms with Crippen LogP contribution in [0.4, 0.5) is 0 Å². The molecule has 1 unspecified atom stereocenters. The van der Waals surface area contributed by atoms with Crippen LogP contribution in [0.15, 0.2) is 0 Å². The lowest BCUT2D eigenvalue weighted by molar-refractivity contribution is -0.122. The Morgan fingerprint density at radius 3 is 2.88 bits per heavy atom. The van der Waals surface area contributed by atoms with E-state index in [-0.39, 0.29) is 0 Å². The molecule has 0 radical (unpaired) electrons. The fourth-order valence-electron chi connectivity index (χ4n) is 0.865. The molecule has 2 heteroatoms. The Bertz CT molecular complexity index is 101. The summed E-state index contributed by atoms with van der Waals surface area (Å²) in [4.78, 5) is 10.7. The zero-order chi connectivity index (χ0) is 5.98. The smallest absolute Gasteiger partial charge is 0.149 e. The van der Waals surface area contributed by atoms with E-state index in [0.29, 0.717) is 18.2 Å². The topological polar surface area (TPSA) is 29.1 Å².